The number of hydrogen-bond acceptors (Lipinski definition) is 7. The minimum absolute atomic E-state index is 0.0964. The minimum Gasteiger partial charge on any atom is -0.497 e. The largest absolute Gasteiger partial charge is 0.497 e. The van der Waals surface area contributed by atoms with Crippen LogP contribution in [-0.4, -0.2) is 45.8 Å². The van der Waals surface area contributed by atoms with Crippen LogP contribution in [0.4, 0.5) is 10.6 Å². The van der Waals surface area contributed by atoms with E-state index in [0.29, 0.717) is 35.1 Å². The molecule has 0 fully saturated rings. The zero-order valence-corrected chi connectivity index (χ0v) is 29.4. The van der Waals surface area contributed by atoms with E-state index in [1.807, 2.05) is 79.7 Å². The number of aliphatic hydroxyl groups excluding tert-OH is 1. The van der Waals surface area contributed by atoms with Gasteiger partial charge < -0.3 is 29.2 Å². The molecule has 5 rings (SSSR count). The van der Waals surface area contributed by atoms with Crippen molar-refractivity contribution in [1.82, 2.24) is 19.7 Å². The summed E-state index contributed by atoms with van der Waals surface area (Å²) in [5.41, 5.74) is 5.14. The average Bonchev–Trinajstić information content (AvgIpc) is 3.54. The number of ether oxygens (including phenoxy) is 3. The Morgan fingerprint density at radius 1 is 0.900 bits per heavy atom. The summed E-state index contributed by atoms with van der Waals surface area (Å²) in [5, 5.41) is 19.9. The maximum absolute atomic E-state index is 13.4. The second-order valence-corrected chi connectivity index (χ2v) is 13.0. The first kappa shape index (κ1) is 35.7. The summed E-state index contributed by atoms with van der Waals surface area (Å²) < 4.78 is 20.5. The highest BCUT2D eigenvalue weighted by atomic mass is 16.5. The fourth-order valence-electron chi connectivity index (χ4n) is 5.41. The van der Waals surface area contributed by atoms with Crippen molar-refractivity contribution in [2.45, 2.75) is 59.7 Å². The van der Waals surface area contributed by atoms with Gasteiger partial charge in [-0.1, -0.05) is 63.2 Å². The van der Waals surface area contributed by atoms with Gasteiger partial charge in [-0.25, -0.2) is 9.48 Å². The van der Waals surface area contributed by atoms with E-state index in [2.05, 4.69) is 31.4 Å². The molecule has 11 heteroatoms. The number of nitrogens with one attached hydrogen (secondary N) is 2. The number of anilines is 1. The van der Waals surface area contributed by atoms with Crippen molar-refractivity contribution >= 4 is 11.8 Å². The van der Waals surface area contributed by atoms with Gasteiger partial charge in [0.05, 0.1) is 37.2 Å². The Morgan fingerprint density at radius 2 is 1.64 bits per heavy atom. The Bertz CT molecular complexity index is 2010. The first-order valence-corrected chi connectivity index (χ1v) is 16.5. The Kier molecular flexibility index (Phi) is 11.3. The van der Waals surface area contributed by atoms with Gasteiger partial charge in [0, 0.05) is 29.8 Å². The summed E-state index contributed by atoms with van der Waals surface area (Å²) >= 11 is 0. The van der Waals surface area contributed by atoms with Gasteiger partial charge in [-0.05, 0) is 60.9 Å². The molecule has 3 N–H and O–H groups in total. The molecule has 262 valence electrons. The number of hydrogen-bond donors (Lipinski definition) is 3. The van der Waals surface area contributed by atoms with Gasteiger partial charge in [-0.3, -0.25) is 10.1 Å². The van der Waals surface area contributed by atoms with Gasteiger partial charge >= 0.3 is 6.03 Å². The number of methoxy groups -OCH3 is 1. The standard InChI is InChI=1S/C39H45N5O6/c1-26-19-34(27(2)37(46)43(26)24-28-11-9-15-32(20-28)48-6)50-25-30-13-8-7-12-29(30)23-40-38(47)41-36-22-35(39(3,4)5)42-44(36)31-14-10-16-33(21-31)49-18-17-45/h7-16,19-22,45H,17-18,23-25H2,1-6H3,(H2,40,41,47). The van der Waals surface area contributed by atoms with Crippen molar-refractivity contribution < 1.29 is 24.1 Å². The lowest BCUT2D eigenvalue weighted by molar-refractivity contribution is 0.201. The summed E-state index contributed by atoms with van der Waals surface area (Å²) in [5.74, 6) is 2.33. The molecule has 2 aromatic heterocycles. The van der Waals surface area contributed by atoms with E-state index in [1.54, 1.807) is 35.4 Å². The van der Waals surface area contributed by atoms with Crippen LogP contribution in [0.1, 0.15) is 54.4 Å². The van der Waals surface area contributed by atoms with Crippen LogP contribution in [0.2, 0.25) is 0 Å². The number of nitrogens with zero attached hydrogens (tertiary/aromatic N) is 3. The predicted octanol–water partition coefficient (Wildman–Crippen LogP) is 6.28. The van der Waals surface area contributed by atoms with Crippen molar-refractivity contribution in [2.75, 3.05) is 25.6 Å². The maximum atomic E-state index is 13.4. The van der Waals surface area contributed by atoms with Crippen LogP contribution in [-0.2, 0) is 25.1 Å². The van der Waals surface area contributed by atoms with E-state index in [4.69, 9.17) is 24.4 Å². The molecule has 0 spiro atoms. The Morgan fingerprint density at radius 3 is 2.38 bits per heavy atom. The third-order valence-electron chi connectivity index (χ3n) is 8.26. The number of aliphatic hydroxyl groups is 1. The number of aromatic nitrogens is 3. The monoisotopic (exact) mass is 679 g/mol. The third-order valence-corrected chi connectivity index (χ3v) is 8.26. The van der Waals surface area contributed by atoms with Gasteiger partial charge in [0.1, 0.15) is 36.3 Å². The van der Waals surface area contributed by atoms with E-state index >= 15 is 0 Å². The van der Waals surface area contributed by atoms with Crippen molar-refractivity contribution in [1.29, 1.82) is 0 Å². The quantitative estimate of drug-likeness (QED) is 0.134. The summed E-state index contributed by atoms with van der Waals surface area (Å²) in [4.78, 5) is 26.6. The van der Waals surface area contributed by atoms with Gasteiger partial charge in [-0.15, -0.1) is 0 Å². The molecule has 0 bridgehead atoms. The normalized spacial score (nSPS) is 11.3. The van der Waals surface area contributed by atoms with E-state index in [1.165, 1.54) is 0 Å². The van der Waals surface area contributed by atoms with Crippen molar-refractivity contribution in [2.24, 2.45) is 0 Å². The molecule has 0 aliphatic rings. The van der Waals surface area contributed by atoms with Gasteiger partial charge in [0.15, 0.2) is 0 Å². The number of pyridine rings is 1. The van der Waals surface area contributed by atoms with Crippen molar-refractivity contribution in [3.8, 4) is 22.9 Å². The SMILES string of the molecule is COc1cccc(Cn2c(C)cc(OCc3ccccc3CNC(=O)Nc3cc(C(C)(C)C)nn3-c3cccc(OCCO)c3)c(C)c2=O)c1. The Hall–Kier alpha value is -5.55. The molecule has 50 heavy (non-hydrogen) atoms. The lowest BCUT2D eigenvalue weighted by Crippen LogP contribution is -2.29. The van der Waals surface area contributed by atoms with Crippen LogP contribution in [0.15, 0.2) is 89.7 Å². The lowest BCUT2D eigenvalue weighted by Gasteiger charge is -2.17. The van der Waals surface area contributed by atoms with E-state index in [0.717, 1.165) is 33.8 Å². The zero-order chi connectivity index (χ0) is 35.8. The fraction of sp³-hybridized carbons (Fsp3) is 0.308. The predicted molar refractivity (Wildman–Crippen MR) is 194 cm³/mol. The van der Waals surface area contributed by atoms with Crippen LogP contribution < -0.4 is 30.4 Å². The van der Waals surface area contributed by atoms with Crippen LogP contribution in [0, 0.1) is 13.8 Å². The Balaban J connectivity index is 1.27. The molecule has 0 radical (unpaired) electrons. The topological polar surface area (TPSA) is 129 Å². The number of carbonyl (C=O) groups excluding carboxylic acids is 1. The summed E-state index contributed by atoms with van der Waals surface area (Å²) in [7, 11) is 1.62. The molecule has 5 aromatic rings. The van der Waals surface area contributed by atoms with Crippen LogP contribution >= 0.6 is 0 Å². The number of benzene rings is 3. The number of carbonyl (C=O) groups is 1. The molecule has 11 nitrogen and oxygen atoms in total. The molecule has 0 saturated carbocycles. The number of rotatable bonds is 13. The molecule has 0 unspecified atom stereocenters. The van der Waals surface area contributed by atoms with Gasteiger partial charge in [-0.2, -0.15) is 5.10 Å². The number of amides is 2. The van der Waals surface area contributed by atoms with Crippen LogP contribution in [0.5, 0.6) is 17.2 Å². The smallest absolute Gasteiger partial charge is 0.320 e. The number of aryl methyl sites for hydroxylation is 1. The molecule has 0 aliphatic carbocycles. The van der Waals surface area contributed by atoms with Crippen LogP contribution in [0.25, 0.3) is 5.69 Å². The van der Waals surface area contributed by atoms with E-state index in [9.17, 15) is 9.59 Å². The first-order chi connectivity index (χ1) is 24.0. The Labute approximate surface area is 292 Å². The molecule has 0 aliphatic heterocycles. The highest BCUT2D eigenvalue weighted by molar-refractivity contribution is 5.88. The van der Waals surface area contributed by atoms with Gasteiger partial charge in [0.25, 0.3) is 5.56 Å². The summed E-state index contributed by atoms with van der Waals surface area (Å²) in [6, 6.07) is 26.0. The minimum atomic E-state index is -0.402. The van der Waals surface area contributed by atoms with Crippen molar-refractivity contribution in [3.63, 3.8) is 0 Å². The highest BCUT2D eigenvalue weighted by Gasteiger charge is 2.22. The second kappa shape index (κ2) is 15.8. The van der Waals surface area contributed by atoms with E-state index in [-0.39, 0.29) is 37.3 Å². The van der Waals surface area contributed by atoms with Crippen LogP contribution in [0.3, 0.4) is 0 Å². The molecule has 2 heterocycles. The fourth-order valence-corrected chi connectivity index (χ4v) is 5.41. The van der Waals surface area contributed by atoms with Crippen molar-refractivity contribution in [3.05, 3.63) is 129 Å². The molecule has 3 aromatic carbocycles. The molecular formula is C39H45N5O6. The third kappa shape index (κ3) is 8.72. The molecule has 0 atom stereocenters. The highest BCUT2D eigenvalue weighted by Crippen LogP contribution is 2.28. The maximum Gasteiger partial charge on any atom is 0.320 e. The van der Waals surface area contributed by atoms with E-state index < -0.39 is 6.03 Å². The zero-order valence-electron chi connectivity index (χ0n) is 29.4. The number of urea groups is 1. The summed E-state index contributed by atoms with van der Waals surface area (Å²) in [6.45, 7) is 10.8. The average molecular weight is 680 g/mol. The molecule has 0 saturated heterocycles. The van der Waals surface area contributed by atoms with Gasteiger partial charge in [0.2, 0.25) is 0 Å². The second-order valence-electron chi connectivity index (χ2n) is 13.0. The molecular weight excluding hydrogens is 634 g/mol. The molecule has 2 amide bonds. The summed E-state index contributed by atoms with van der Waals surface area (Å²) in [6.07, 6.45) is 0. The first-order valence-electron chi connectivity index (χ1n) is 16.5. The lowest BCUT2D eigenvalue weighted by atomic mass is 9.92.